The third-order valence-electron chi connectivity index (χ3n) is 7.26. The van der Waals surface area contributed by atoms with E-state index >= 15 is 0 Å². The number of ether oxygens (including phenoxy) is 1. The quantitative estimate of drug-likeness (QED) is 0.896. The third kappa shape index (κ3) is 2.24. The van der Waals surface area contributed by atoms with Crippen molar-refractivity contribution < 1.29 is 9.53 Å². The minimum absolute atomic E-state index is 0.0266. The fourth-order valence-electron chi connectivity index (χ4n) is 6.43. The van der Waals surface area contributed by atoms with Gasteiger partial charge in [0.1, 0.15) is 0 Å². The Balaban J connectivity index is 1.34. The second-order valence-electron chi connectivity index (χ2n) is 8.81. The van der Waals surface area contributed by atoms with E-state index in [1.807, 2.05) is 0 Å². The molecule has 1 aromatic heterocycles. The average molecular weight is 329 g/mol. The van der Waals surface area contributed by atoms with Crippen molar-refractivity contribution in [3.05, 3.63) is 17.0 Å². The molecule has 0 aromatic carbocycles. The molecule has 2 N–H and O–H groups in total. The molecular weight excluding hydrogens is 302 g/mol. The number of fused-ring (bicyclic) bond motifs is 1. The van der Waals surface area contributed by atoms with Crippen LogP contribution in [0.4, 0.5) is 0 Å². The van der Waals surface area contributed by atoms with Crippen LogP contribution in [0.1, 0.15) is 67.2 Å². The first-order valence-electron chi connectivity index (χ1n) is 9.58. The molecular formula is C19H27N3O2. The highest BCUT2D eigenvalue weighted by Crippen LogP contribution is 2.61. The molecule has 6 rings (SSSR count). The zero-order valence-electron chi connectivity index (χ0n) is 14.4. The van der Waals surface area contributed by atoms with E-state index in [0.717, 1.165) is 35.4 Å². The fourth-order valence-corrected chi connectivity index (χ4v) is 6.43. The molecule has 5 nitrogen and oxygen atoms in total. The highest BCUT2D eigenvalue weighted by molar-refractivity contribution is 5.94. The number of carbonyl (C=O) groups is 1. The standard InChI is InChI=1S/C19H27N3O2/c1-11(19-7-12-4-13(8-19)6-14(5-12)9-19)20-18(23)17-15-10-24-3-2-16(15)21-22-17/h11-14H,2-10H2,1H3,(H,20,23)(H,21,22). The molecule has 5 heteroatoms. The van der Waals surface area contributed by atoms with Gasteiger partial charge >= 0.3 is 0 Å². The van der Waals surface area contributed by atoms with Gasteiger partial charge in [0, 0.05) is 23.7 Å². The van der Waals surface area contributed by atoms with E-state index in [-0.39, 0.29) is 11.9 Å². The van der Waals surface area contributed by atoms with E-state index in [1.54, 1.807) is 0 Å². The van der Waals surface area contributed by atoms with Gasteiger partial charge < -0.3 is 10.1 Å². The van der Waals surface area contributed by atoms with Gasteiger partial charge in [-0.15, -0.1) is 0 Å². The number of nitrogens with one attached hydrogen (secondary N) is 2. The van der Waals surface area contributed by atoms with Crippen LogP contribution in [0.25, 0.3) is 0 Å². The molecule has 0 saturated heterocycles. The van der Waals surface area contributed by atoms with Crippen LogP contribution in [0, 0.1) is 23.2 Å². The van der Waals surface area contributed by atoms with Gasteiger partial charge in [-0.05, 0) is 68.6 Å². The first kappa shape index (κ1) is 14.9. The van der Waals surface area contributed by atoms with Crippen molar-refractivity contribution in [1.29, 1.82) is 0 Å². The summed E-state index contributed by atoms with van der Waals surface area (Å²) in [4.78, 5) is 12.8. The van der Waals surface area contributed by atoms with Crippen molar-refractivity contribution in [3.8, 4) is 0 Å². The van der Waals surface area contributed by atoms with Crippen LogP contribution >= 0.6 is 0 Å². The Morgan fingerprint density at radius 1 is 1.25 bits per heavy atom. The number of aromatic amines is 1. The van der Waals surface area contributed by atoms with Crippen molar-refractivity contribution >= 4 is 5.91 Å². The van der Waals surface area contributed by atoms with Gasteiger partial charge in [0.15, 0.2) is 5.69 Å². The maximum Gasteiger partial charge on any atom is 0.272 e. The Bertz CT molecular complexity index is 630. The Hall–Kier alpha value is -1.36. The largest absolute Gasteiger partial charge is 0.376 e. The zero-order valence-corrected chi connectivity index (χ0v) is 14.4. The van der Waals surface area contributed by atoms with Crippen molar-refractivity contribution in [2.75, 3.05) is 6.61 Å². The molecule has 5 aliphatic rings. The number of H-pyrrole nitrogens is 1. The van der Waals surface area contributed by atoms with Crippen LogP contribution in [0.2, 0.25) is 0 Å². The molecule has 0 radical (unpaired) electrons. The normalized spacial score (nSPS) is 38.0. The minimum atomic E-state index is -0.0266. The Morgan fingerprint density at radius 2 is 1.92 bits per heavy atom. The summed E-state index contributed by atoms with van der Waals surface area (Å²) in [5, 5.41) is 10.6. The summed E-state index contributed by atoms with van der Waals surface area (Å²) in [6.45, 7) is 3.43. The maximum absolute atomic E-state index is 12.8. The van der Waals surface area contributed by atoms with Crippen LogP contribution in [-0.4, -0.2) is 28.8 Å². The molecule has 1 aliphatic heterocycles. The molecule has 4 bridgehead atoms. The van der Waals surface area contributed by atoms with E-state index in [0.29, 0.717) is 24.3 Å². The summed E-state index contributed by atoms with van der Waals surface area (Å²) >= 11 is 0. The van der Waals surface area contributed by atoms with Crippen LogP contribution in [0.15, 0.2) is 0 Å². The number of hydrogen-bond acceptors (Lipinski definition) is 3. The van der Waals surface area contributed by atoms with E-state index in [4.69, 9.17) is 4.74 Å². The second kappa shape index (κ2) is 5.32. The molecule has 130 valence electrons. The molecule has 4 saturated carbocycles. The van der Waals surface area contributed by atoms with Crippen molar-refractivity contribution in [3.63, 3.8) is 0 Å². The smallest absolute Gasteiger partial charge is 0.272 e. The van der Waals surface area contributed by atoms with Gasteiger partial charge in [-0.3, -0.25) is 9.89 Å². The molecule has 2 heterocycles. The monoisotopic (exact) mass is 329 g/mol. The predicted molar refractivity (Wildman–Crippen MR) is 89.5 cm³/mol. The Morgan fingerprint density at radius 3 is 2.58 bits per heavy atom. The van der Waals surface area contributed by atoms with E-state index in [2.05, 4.69) is 22.4 Å². The average Bonchev–Trinajstić information content (AvgIpc) is 2.97. The van der Waals surface area contributed by atoms with Crippen LogP contribution in [0.5, 0.6) is 0 Å². The Labute approximate surface area is 142 Å². The van der Waals surface area contributed by atoms with Gasteiger partial charge in [-0.25, -0.2) is 0 Å². The summed E-state index contributed by atoms with van der Waals surface area (Å²) < 4.78 is 5.51. The molecule has 1 atom stereocenters. The van der Waals surface area contributed by atoms with Crippen molar-refractivity contribution in [1.82, 2.24) is 15.5 Å². The number of amides is 1. The van der Waals surface area contributed by atoms with Gasteiger partial charge in [0.25, 0.3) is 5.91 Å². The zero-order chi connectivity index (χ0) is 16.3. The number of rotatable bonds is 3. The van der Waals surface area contributed by atoms with Crippen LogP contribution in [-0.2, 0) is 17.8 Å². The number of nitrogens with zero attached hydrogens (tertiary/aromatic N) is 1. The predicted octanol–water partition coefficient (Wildman–Crippen LogP) is 2.82. The summed E-state index contributed by atoms with van der Waals surface area (Å²) in [5.74, 6) is 2.69. The number of hydrogen-bond donors (Lipinski definition) is 2. The van der Waals surface area contributed by atoms with Gasteiger partial charge in [0.2, 0.25) is 0 Å². The molecule has 24 heavy (non-hydrogen) atoms. The highest BCUT2D eigenvalue weighted by Gasteiger charge is 2.53. The van der Waals surface area contributed by atoms with Crippen molar-refractivity contribution in [2.45, 2.75) is 64.5 Å². The topological polar surface area (TPSA) is 67.0 Å². The first-order chi connectivity index (χ1) is 11.6. The molecule has 0 spiro atoms. The van der Waals surface area contributed by atoms with Crippen molar-refractivity contribution in [2.24, 2.45) is 23.2 Å². The molecule has 4 aliphatic carbocycles. The fraction of sp³-hybridized carbons (Fsp3) is 0.789. The van der Waals surface area contributed by atoms with Crippen LogP contribution in [0.3, 0.4) is 0 Å². The van der Waals surface area contributed by atoms with E-state index < -0.39 is 0 Å². The Kier molecular flexibility index (Phi) is 3.31. The third-order valence-corrected chi connectivity index (χ3v) is 7.26. The van der Waals surface area contributed by atoms with Gasteiger partial charge in [-0.2, -0.15) is 5.10 Å². The molecule has 1 amide bonds. The summed E-state index contributed by atoms with van der Waals surface area (Å²) in [6, 6.07) is 0.232. The lowest BCUT2D eigenvalue weighted by atomic mass is 9.48. The summed E-state index contributed by atoms with van der Waals surface area (Å²) in [6.07, 6.45) is 9.05. The minimum Gasteiger partial charge on any atom is -0.376 e. The van der Waals surface area contributed by atoms with Crippen LogP contribution < -0.4 is 5.32 Å². The number of aromatic nitrogens is 2. The van der Waals surface area contributed by atoms with E-state index in [1.165, 1.54) is 38.5 Å². The van der Waals surface area contributed by atoms with Gasteiger partial charge in [-0.1, -0.05) is 0 Å². The SMILES string of the molecule is CC(NC(=O)c1n[nH]c2c1COCC2)C12CC3CC(CC(C3)C1)C2. The summed E-state index contributed by atoms with van der Waals surface area (Å²) in [5.41, 5.74) is 2.89. The lowest BCUT2D eigenvalue weighted by Crippen LogP contribution is -2.55. The lowest BCUT2D eigenvalue weighted by molar-refractivity contribution is -0.0688. The molecule has 1 unspecified atom stereocenters. The number of carbonyl (C=O) groups excluding carboxylic acids is 1. The van der Waals surface area contributed by atoms with E-state index in [9.17, 15) is 4.79 Å². The second-order valence-corrected chi connectivity index (χ2v) is 8.81. The summed E-state index contributed by atoms with van der Waals surface area (Å²) in [7, 11) is 0. The lowest BCUT2D eigenvalue weighted by Gasteiger charge is -2.59. The molecule has 1 aromatic rings. The first-order valence-corrected chi connectivity index (χ1v) is 9.58. The highest BCUT2D eigenvalue weighted by atomic mass is 16.5. The van der Waals surface area contributed by atoms with Gasteiger partial charge in [0.05, 0.1) is 13.2 Å². The molecule has 4 fully saturated rings. The maximum atomic E-state index is 12.8.